The molecule has 1 fully saturated rings. The third kappa shape index (κ3) is 3.53. The number of rotatable bonds is 3. The standard InChI is InChI=1S/C19H19BrClN5O/c1-19(18(27)25-13-4-2-3-12(20)9-13)5-7-26(8-6-19)17-15-14(21)10-22-16(15)23-11-24-17/h2-4,9-11H,5-8H2,1H3,(H,25,27)(H,22,23,24). The van der Waals surface area contributed by atoms with Crippen LogP contribution in [0.4, 0.5) is 11.5 Å². The molecular weight excluding hydrogens is 430 g/mol. The summed E-state index contributed by atoms with van der Waals surface area (Å²) in [6.45, 7) is 3.49. The van der Waals surface area contributed by atoms with E-state index in [-0.39, 0.29) is 5.91 Å². The number of piperidine rings is 1. The second kappa shape index (κ2) is 7.13. The zero-order valence-electron chi connectivity index (χ0n) is 14.8. The molecule has 8 heteroatoms. The third-order valence-electron chi connectivity index (χ3n) is 5.20. The molecule has 1 aliphatic heterocycles. The molecule has 6 nitrogen and oxygen atoms in total. The van der Waals surface area contributed by atoms with Gasteiger partial charge in [-0.15, -0.1) is 0 Å². The Morgan fingerprint density at radius 3 is 2.85 bits per heavy atom. The molecule has 2 N–H and O–H groups in total. The van der Waals surface area contributed by atoms with Gasteiger partial charge in [-0.1, -0.05) is 40.5 Å². The minimum absolute atomic E-state index is 0.0489. The van der Waals surface area contributed by atoms with Gasteiger partial charge in [-0.25, -0.2) is 9.97 Å². The van der Waals surface area contributed by atoms with Crippen molar-refractivity contribution in [2.45, 2.75) is 19.8 Å². The van der Waals surface area contributed by atoms with Crippen molar-refractivity contribution in [1.82, 2.24) is 15.0 Å². The van der Waals surface area contributed by atoms with Gasteiger partial charge in [0.1, 0.15) is 17.8 Å². The van der Waals surface area contributed by atoms with E-state index in [1.807, 2.05) is 31.2 Å². The summed E-state index contributed by atoms with van der Waals surface area (Å²) in [6.07, 6.45) is 4.74. The molecule has 0 spiro atoms. The number of aromatic nitrogens is 3. The quantitative estimate of drug-likeness (QED) is 0.613. The molecule has 0 radical (unpaired) electrons. The van der Waals surface area contributed by atoms with Gasteiger partial charge >= 0.3 is 0 Å². The summed E-state index contributed by atoms with van der Waals surface area (Å²) >= 11 is 9.73. The van der Waals surface area contributed by atoms with Crippen molar-refractivity contribution in [1.29, 1.82) is 0 Å². The first-order chi connectivity index (χ1) is 13.0. The number of carbonyl (C=O) groups is 1. The Labute approximate surface area is 170 Å². The topological polar surface area (TPSA) is 73.9 Å². The molecule has 1 saturated heterocycles. The van der Waals surface area contributed by atoms with Crippen molar-refractivity contribution in [3.63, 3.8) is 0 Å². The van der Waals surface area contributed by atoms with Crippen molar-refractivity contribution in [2.24, 2.45) is 5.41 Å². The molecule has 3 heterocycles. The minimum atomic E-state index is -0.424. The highest BCUT2D eigenvalue weighted by atomic mass is 79.9. The zero-order chi connectivity index (χ0) is 19.0. The van der Waals surface area contributed by atoms with E-state index in [4.69, 9.17) is 11.6 Å². The predicted octanol–water partition coefficient (Wildman–Crippen LogP) is 4.62. The molecule has 0 unspecified atom stereocenters. The van der Waals surface area contributed by atoms with Crippen LogP contribution in [0.25, 0.3) is 11.0 Å². The maximum atomic E-state index is 12.9. The lowest BCUT2D eigenvalue weighted by Gasteiger charge is -2.39. The zero-order valence-corrected chi connectivity index (χ0v) is 17.1. The number of anilines is 2. The molecule has 1 amide bonds. The van der Waals surface area contributed by atoms with Crippen molar-refractivity contribution in [2.75, 3.05) is 23.3 Å². The number of benzene rings is 1. The van der Waals surface area contributed by atoms with Crippen molar-refractivity contribution in [3.8, 4) is 0 Å². The van der Waals surface area contributed by atoms with Gasteiger partial charge in [-0.3, -0.25) is 4.79 Å². The lowest BCUT2D eigenvalue weighted by atomic mass is 9.79. The number of aromatic amines is 1. The van der Waals surface area contributed by atoms with E-state index in [1.54, 1.807) is 6.20 Å². The van der Waals surface area contributed by atoms with Gasteiger partial charge in [0.25, 0.3) is 0 Å². The van der Waals surface area contributed by atoms with Crippen LogP contribution in [-0.2, 0) is 4.79 Å². The largest absolute Gasteiger partial charge is 0.356 e. The van der Waals surface area contributed by atoms with Crippen LogP contribution >= 0.6 is 27.5 Å². The van der Waals surface area contributed by atoms with Crippen LogP contribution in [0.15, 0.2) is 41.3 Å². The Kier molecular flexibility index (Phi) is 4.82. The van der Waals surface area contributed by atoms with Crippen LogP contribution in [0.2, 0.25) is 5.02 Å². The number of halogens is 2. The second-order valence-corrected chi connectivity index (χ2v) is 8.39. The number of carbonyl (C=O) groups excluding carboxylic acids is 1. The van der Waals surface area contributed by atoms with E-state index in [0.29, 0.717) is 5.02 Å². The van der Waals surface area contributed by atoms with Crippen LogP contribution in [0.3, 0.4) is 0 Å². The van der Waals surface area contributed by atoms with Gasteiger partial charge in [0, 0.05) is 29.4 Å². The van der Waals surface area contributed by atoms with Crippen LogP contribution in [0.5, 0.6) is 0 Å². The Hall–Kier alpha value is -2.12. The molecule has 3 aromatic rings. The highest BCUT2D eigenvalue weighted by molar-refractivity contribution is 9.10. The number of hydrogen-bond donors (Lipinski definition) is 2. The number of amides is 1. The Morgan fingerprint density at radius 2 is 2.11 bits per heavy atom. The molecule has 0 aliphatic carbocycles. The van der Waals surface area contributed by atoms with Crippen LogP contribution in [0.1, 0.15) is 19.8 Å². The van der Waals surface area contributed by atoms with Crippen molar-refractivity contribution in [3.05, 3.63) is 46.3 Å². The van der Waals surface area contributed by atoms with Gasteiger partial charge in [0.15, 0.2) is 0 Å². The minimum Gasteiger partial charge on any atom is -0.356 e. The summed E-state index contributed by atoms with van der Waals surface area (Å²) in [7, 11) is 0. The van der Waals surface area contributed by atoms with Crippen molar-refractivity contribution >= 4 is 56.0 Å². The summed E-state index contributed by atoms with van der Waals surface area (Å²) in [5.41, 5.74) is 1.10. The van der Waals surface area contributed by atoms with E-state index in [0.717, 1.165) is 52.9 Å². The van der Waals surface area contributed by atoms with Crippen molar-refractivity contribution < 1.29 is 4.79 Å². The number of nitrogens with zero attached hydrogens (tertiary/aromatic N) is 3. The van der Waals surface area contributed by atoms with Gasteiger partial charge in [-0.05, 0) is 31.0 Å². The van der Waals surface area contributed by atoms with Crippen LogP contribution < -0.4 is 10.2 Å². The maximum Gasteiger partial charge on any atom is 0.230 e. The van der Waals surface area contributed by atoms with E-state index in [1.165, 1.54) is 6.33 Å². The average molecular weight is 449 g/mol. The Morgan fingerprint density at radius 1 is 1.33 bits per heavy atom. The van der Waals surface area contributed by atoms with Gasteiger partial charge < -0.3 is 15.2 Å². The molecule has 2 aromatic heterocycles. The molecular formula is C19H19BrClN5O. The summed E-state index contributed by atoms with van der Waals surface area (Å²) in [4.78, 5) is 26.8. The monoisotopic (exact) mass is 447 g/mol. The third-order valence-corrected chi connectivity index (χ3v) is 5.99. The molecule has 27 heavy (non-hydrogen) atoms. The van der Waals surface area contributed by atoms with E-state index >= 15 is 0 Å². The molecule has 4 rings (SSSR count). The lowest BCUT2D eigenvalue weighted by molar-refractivity contribution is -0.125. The number of H-pyrrole nitrogens is 1. The predicted molar refractivity (Wildman–Crippen MR) is 111 cm³/mol. The van der Waals surface area contributed by atoms with Gasteiger partial charge in [-0.2, -0.15) is 0 Å². The molecule has 1 aromatic carbocycles. The SMILES string of the molecule is CC1(C(=O)Nc2cccc(Br)c2)CCN(c2ncnc3[nH]cc(Cl)c23)CC1. The molecule has 0 saturated carbocycles. The van der Waals surface area contributed by atoms with Gasteiger partial charge in [0.2, 0.25) is 5.91 Å². The fourth-order valence-corrected chi connectivity index (χ4v) is 4.06. The highest BCUT2D eigenvalue weighted by Gasteiger charge is 2.37. The first-order valence-corrected chi connectivity index (χ1v) is 9.93. The Balaban J connectivity index is 1.49. The molecule has 140 valence electrons. The first kappa shape index (κ1) is 18.3. The maximum absolute atomic E-state index is 12.9. The Bertz CT molecular complexity index is 997. The summed E-state index contributed by atoms with van der Waals surface area (Å²) < 4.78 is 0.941. The summed E-state index contributed by atoms with van der Waals surface area (Å²) in [6, 6.07) is 7.64. The fraction of sp³-hybridized carbons (Fsp3) is 0.316. The number of nitrogens with one attached hydrogen (secondary N) is 2. The summed E-state index contributed by atoms with van der Waals surface area (Å²) in [5.74, 6) is 0.869. The van der Waals surface area contributed by atoms with Crippen LogP contribution in [-0.4, -0.2) is 33.9 Å². The van der Waals surface area contributed by atoms with Crippen LogP contribution in [0, 0.1) is 5.41 Å². The second-order valence-electron chi connectivity index (χ2n) is 7.07. The normalized spacial score (nSPS) is 16.5. The average Bonchev–Trinajstić information content (AvgIpc) is 3.04. The molecule has 1 aliphatic rings. The first-order valence-electron chi connectivity index (χ1n) is 8.76. The fourth-order valence-electron chi connectivity index (χ4n) is 3.44. The molecule has 0 atom stereocenters. The number of fused-ring (bicyclic) bond motifs is 1. The van der Waals surface area contributed by atoms with E-state index < -0.39 is 5.41 Å². The smallest absolute Gasteiger partial charge is 0.230 e. The lowest BCUT2D eigenvalue weighted by Crippen LogP contribution is -2.45. The van der Waals surface area contributed by atoms with E-state index in [9.17, 15) is 4.79 Å². The summed E-state index contributed by atoms with van der Waals surface area (Å²) in [5, 5.41) is 4.49. The molecule has 0 bridgehead atoms. The number of hydrogen-bond acceptors (Lipinski definition) is 4. The highest BCUT2D eigenvalue weighted by Crippen LogP contribution is 2.37. The van der Waals surface area contributed by atoms with E-state index in [2.05, 4.69) is 41.1 Å². The van der Waals surface area contributed by atoms with Gasteiger partial charge in [0.05, 0.1) is 15.8 Å².